The summed E-state index contributed by atoms with van der Waals surface area (Å²) in [5.41, 5.74) is 2.81. The van der Waals surface area contributed by atoms with Crippen LogP contribution in [0.4, 0.5) is 0 Å². The van der Waals surface area contributed by atoms with E-state index in [2.05, 4.69) is 4.98 Å². The maximum absolute atomic E-state index is 10.9. The summed E-state index contributed by atoms with van der Waals surface area (Å²) < 4.78 is 5.60. The van der Waals surface area contributed by atoms with Crippen LogP contribution in [0.1, 0.15) is 15.9 Å². The van der Waals surface area contributed by atoms with Crippen molar-refractivity contribution in [3.63, 3.8) is 0 Å². The van der Waals surface area contributed by atoms with Gasteiger partial charge in [0.2, 0.25) is 0 Å². The van der Waals surface area contributed by atoms with Crippen molar-refractivity contribution in [1.29, 1.82) is 0 Å². The van der Waals surface area contributed by atoms with Crippen molar-refractivity contribution in [3.05, 3.63) is 59.7 Å². The van der Waals surface area contributed by atoms with Crippen LogP contribution in [0.25, 0.3) is 11.1 Å². The van der Waals surface area contributed by atoms with Crippen LogP contribution >= 0.6 is 11.8 Å². The Labute approximate surface area is 119 Å². The van der Waals surface area contributed by atoms with E-state index in [1.165, 1.54) is 11.8 Å². The van der Waals surface area contributed by atoms with E-state index in [1.54, 1.807) is 18.2 Å². The average molecular weight is 285 g/mol. The Morgan fingerprint density at radius 1 is 1.20 bits per heavy atom. The highest BCUT2D eigenvalue weighted by Gasteiger charge is 2.07. The highest BCUT2D eigenvalue weighted by atomic mass is 32.2. The molecule has 20 heavy (non-hydrogen) atoms. The van der Waals surface area contributed by atoms with Crippen molar-refractivity contribution < 1.29 is 14.3 Å². The van der Waals surface area contributed by atoms with Gasteiger partial charge in [0, 0.05) is 5.75 Å². The molecule has 3 aromatic rings. The highest BCUT2D eigenvalue weighted by Crippen LogP contribution is 2.26. The maximum atomic E-state index is 10.9. The fourth-order valence-corrected chi connectivity index (χ4v) is 2.63. The fraction of sp³-hybridized carbons (Fsp3) is 0.0667. The van der Waals surface area contributed by atoms with Crippen molar-refractivity contribution in [2.75, 3.05) is 0 Å². The van der Waals surface area contributed by atoms with Gasteiger partial charge in [-0.3, -0.25) is 0 Å². The number of fused-ring (bicyclic) bond motifs is 1. The van der Waals surface area contributed by atoms with E-state index in [4.69, 9.17) is 9.52 Å². The lowest BCUT2D eigenvalue weighted by Gasteiger charge is -2.00. The number of hydrogen-bond donors (Lipinski definition) is 1. The standard InChI is InChI=1S/C15H11NO3S/c17-14(18)11-5-3-4-10(8-11)9-20-15-16-12-6-1-2-7-13(12)19-15/h1-8H,9H2,(H,17,18). The normalized spacial score (nSPS) is 10.8. The number of carboxylic acid groups (broad SMARTS) is 1. The molecule has 1 N–H and O–H groups in total. The van der Waals surface area contributed by atoms with Crippen molar-refractivity contribution in [2.24, 2.45) is 0 Å². The zero-order chi connectivity index (χ0) is 13.9. The van der Waals surface area contributed by atoms with Crippen LogP contribution in [-0.2, 0) is 5.75 Å². The van der Waals surface area contributed by atoms with Crippen molar-refractivity contribution in [1.82, 2.24) is 4.98 Å². The molecule has 2 aromatic carbocycles. The summed E-state index contributed by atoms with van der Waals surface area (Å²) >= 11 is 1.45. The zero-order valence-corrected chi connectivity index (χ0v) is 11.3. The molecule has 1 aromatic heterocycles. The molecule has 0 saturated carbocycles. The molecular formula is C15H11NO3S. The third-order valence-corrected chi connectivity index (χ3v) is 3.71. The minimum absolute atomic E-state index is 0.292. The smallest absolute Gasteiger partial charge is 0.335 e. The molecule has 4 nitrogen and oxygen atoms in total. The second-order valence-electron chi connectivity index (χ2n) is 4.24. The van der Waals surface area contributed by atoms with Gasteiger partial charge in [-0.2, -0.15) is 0 Å². The molecule has 0 atom stereocenters. The summed E-state index contributed by atoms with van der Waals surface area (Å²) in [7, 11) is 0. The number of oxazole rings is 1. The first-order valence-corrected chi connectivity index (χ1v) is 7.01. The molecule has 0 aliphatic heterocycles. The van der Waals surface area contributed by atoms with Gasteiger partial charge < -0.3 is 9.52 Å². The Balaban J connectivity index is 1.75. The zero-order valence-electron chi connectivity index (χ0n) is 10.4. The number of nitrogens with zero attached hydrogens (tertiary/aromatic N) is 1. The molecule has 5 heteroatoms. The van der Waals surface area contributed by atoms with E-state index in [1.807, 2.05) is 30.3 Å². The third kappa shape index (κ3) is 2.67. The van der Waals surface area contributed by atoms with Crippen molar-refractivity contribution in [2.45, 2.75) is 11.0 Å². The van der Waals surface area contributed by atoms with Gasteiger partial charge in [-0.15, -0.1) is 0 Å². The van der Waals surface area contributed by atoms with E-state index in [9.17, 15) is 4.79 Å². The number of benzene rings is 2. The second-order valence-corrected chi connectivity index (χ2v) is 5.17. The van der Waals surface area contributed by atoms with Crippen LogP contribution in [-0.4, -0.2) is 16.1 Å². The van der Waals surface area contributed by atoms with Gasteiger partial charge in [-0.05, 0) is 29.8 Å². The number of rotatable bonds is 4. The van der Waals surface area contributed by atoms with Crippen LogP contribution in [0.15, 0.2) is 58.2 Å². The lowest BCUT2D eigenvalue weighted by molar-refractivity contribution is 0.0697. The third-order valence-electron chi connectivity index (χ3n) is 2.81. The van der Waals surface area contributed by atoms with Gasteiger partial charge in [0.1, 0.15) is 5.52 Å². The molecule has 0 radical (unpaired) electrons. The first-order valence-electron chi connectivity index (χ1n) is 6.03. The number of carboxylic acids is 1. The Morgan fingerprint density at radius 3 is 2.85 bits per heavy atom. The summed E-state index contributed by atoms with van der Waals surface area (Å²) in [6, 6.07) is 14.5. The molecule has 0 fully saturated rings. The Hall–Kier alpha value is -2.27. The molecule has 100 valence electrons. The number of aromatic nitrogens is 1. The van der Waals surface area contributed by atoms with Crippen LogP contribution < -0.4 is 0 Å². The van der Waals surface area contributed by atoms with E-state index in [0.29, 0.717) is 16.5 Å². The number of aromatic carboxylic acids is 1. The van der Waals surface area contributed by atoms with Crippen molar-refractivity contribution in [3.8, 4) is 0 Å². The van der Waals surface area contributed by atoms with Crippen LogP contribution in [0, 0.1) is 0 Å². The van der Waals surface area contributed by atoms with Crippen LogP contribution in [0.5, 0.6) is 0 Å². The van der Waals surface area contributed by atoms with Gasteiger partial charge >= 0.3 is 5.97 Å². The van der Waals surface area contributed by atoms with Crippen LogP contribution in [0.3, 0.4) is 0 Å². The molecule has 0 saturated heterocycles. The molecule has 0 aliphatic carbocycles. The van der Waals surface area contributed by atoms with Gasteiger partial charge in [-0.1, -0.05) is 36.0 Å². The number of para-hydroxylation sites is 2. The minimum atomic E-state index is -0.918. The molecule has 1 heterocycles. The lowest BCUT2D eigenvalue weighted by atomic mass is 10.1. The van der Waals surface area contributed by atoms with E-state index >= 15 is 0 Å². The Bertz CT molecular complexity index is 733. The number of hydrogen-bond acceptors (Lipinski definition) is 4. The Kier molecular flexibility index (Phi) is 3.43. The predicted octanol–water partition coefficient (Wildman–Crippen LogP) is 3.82. The van der Waals surface area contributed by atoms with Gasteiger partial charge in [0.05, 0.1) is 5.56 Å². The van der Waals surface area contributed by atoms with E-state index < -0.39 is 5.97 Å². The minimum Gasteiger partial charge on any atom is -0.478 e. The second kappa shape index (κ2) is 5.38. The maximum Gasteiger partial charge on any atom is 0.335 e. The molecular weight excluding hydrogens is 274 g/mol. The molecule has 3 rings (SSSR count). The van der Waals surface area contributed by atoms with Gasteiger partial charge in [-0.25, -0.2) is 9.78 Å². The van der Waals surface area contributed by atoms with E-state index in [-0.39, 0.29) is 0 Å². The summed E-state index contributed by atoms with van der Waals surface area (Å²) in [6.07, 6.45) is 0. The fourth-order valence-electron chi connectivity index (χ4n) is 1.85. The lowest BCUT2D eigenvalue weighted by Crippen LogP contribution is -1.96. The largest absolute Gasteiger partial charge is 0.478 e. The quantitative estimate of drug-likeness (QED) is 0.738. The molecule has 0 bridgehead atoms. The monoisotopic (exact) mass is 285 g/mol. The first-order chi connectivity index (χ1) is 9.72. The molecule has 0 amide bonds. The van der Waals surface area contributed by atoms with Crippen LogP contribution in [0.2, 0.25) is 0 Å². The SMILES string of the molecule is O=C(O)c1cccc(CSc2nc3ccccc3o2)c1. The average Bonchev–Trinajstić information content (AvgIpc) is 2.88. The number of carbonyl (C=O) groups is 1. The van der Waals surface area contributed by atoms with E-state index in [0.717, 1.165) is 16.7 Å². The first kappa shape index (κ1) is 12.7. The predicted molar refractivity (Wildman–Crippen MR) is 77.0 cm³/mol. The van der Waals surface area contributed by atoms with Gasteiger partial charge in [0.15, 0.2) is 5.58 Å². The highest BCUT2D eigenvalue weighted by molar-refractivity contribution is 7.98. The molecule has 0 unspecified atom stereocenters. The topological polar surface area (TPSA) is 63.3 Å². The molecule has 0 spiro atoms. The number of thioether (sulfide) groups is 1. The summed E-state index contributed by atoms with van der Waals surface area (Å²) in [6.45, 7) is 0. The molecule has 0 aliphatic rings. The summed E-state index contributed by atoms with van der Waals surface area (Å²) in [4.78, 5) is 15.3. The van der Waals surface area contributed by atoms with Crippen molar-refractivity contribution >= 4 is 28.8 Å². The summed E-state index contributed by atoms with van der Waals surface area (Å²) in [5.74, 6) is -0.299. The van der Waals surface area contributed by atoms with Gasteiger partial charge in [0.25, 0.3) is 5.22 Å². The Morgan fingerprint density at radius 2 is 2.05 bits per heavy atom. The summed E-state index contributed by atoms with van der Waals surface area (Å²) in [5, 5.41) is 9.54.